The SMILES string of the molecule is CCCOC(=O)c1ccccc1N1C(=O)C(Cl)=C(Nc2ccc(OCC)cc2)C1=O. The molecule has 1 heterocycles. The first-order valence-electron chi connectivity index (χ1n) is 9.52. The van der Waals surface area contributed by atoms with Gasteiger partial charge in [-0.3, -0.25) is 9.59 Å². The molecule has 1 N–H and O–H groups in total. The van der Waals surface area contributed by atoms with E-state index in [2.05, 4.69) is 5.32 Å². The van der Waals surface area contributed by atoms with Gasteiger partial charge in [-0.25, -0.2) is 9.69 Å². The smallest absolute Gasteiger partial charge is 0.340 e. The summed E-state index contributed by atoms with van der Waals surface area (Å²) in [7, 11) is 0. The molecule has 2 aromatic carbocycles. The van der Waals surface area contributed by atoms with Gasteiger partial charge in [-0.15, -0.1) is 0 Å². The largest absolute Gasteiger partial charge is 0.494 e. The number of carbonyl (C=O) groups excluding carboxylic acids is 3. The summed E-state index contributed by atoms with van der Waals surface area (Å²) < 4.78 is 10.6. The van der Waals surface area contributed by atoms with Crippen molar-refractivity contribution < 1.29 is 23.9 Å². The first-order valence-corrected chi connectivity index (χ1v) is 9.90. The van der Waals surface area contributed by atoms with Crippen molar-refractivity contribution in [3.8, 4) is 5.75 Å². The van der Waals surface area contributed by atoms with Crippen molar-refractivity contribution in [1.82, 2.24) is 0 Å². The molecule has 8 heteroatoms. The molecule has 2 amide bonds. The highest BCUT2D eigenvalue weighted by molar-refractivity contribution is 6.53. The highest BCUT2D eigenvalue weighted by atomic mass is 35.5. The minimum atomic E-state index is -0.717. The standard InChI is InChI=1S/C22H21ClN2O5/c1-3-13-30-22(28)16-7-5-6-8-17(16)25-20(26)18(23)19(21(25)27)24-14-9-11-15(12-10-14)29-4-2/h5-12,24H,3-4,13H2,1-2H3. The molecule has 0 bridgehead atoms. The number of ether oxygens (including phenoxy) is 2. The average molecular weight is 429 g/mol. The van der Waals surface area contributed by atoms with Gasteiger partial charge in [0.1, 0.15) is 16.5 Å². The van der Waals surface area contributed by atoms with Crippen LogP contribution in [0.4, 0.5) is 11.4 Å². The molecule has 0 saturated carbocycles. The number of hydrogen-bond donors (Lipinski definition) is 1. The van der Waals surface area contributed by atoms with Gasteiger partial charge in [0.15, 0.2) is 0 Å². The number of nitrogens with zero attached hydrogens (tertiary/aromatic N) is 1. The Morgan fingerprint density at radius 2 is 1.73 bits per heavy atom. The van der Waals surface area contributed by atoms with Crippen LogP contribution in [-0.2, 0) is 14.3 Å². The van der Waals surface area contributed by atoms with Gasteiger partial charge in [-0.05, 0) is 49.7 Å². The number of carbonyl (C=O) groups is 3. The average Bonchev–Trinajstić information content (AvgIpc) is 2.96. The van der Waals surface area contributed by atoms with Gasteiger partial charge >= 0.3 is 5.97 Å². The molecule has 0 spiro atoms. The number of hydrogen-bond acceptors (Lipinski definition) is 6. The fourth-order valence-electron chi connectivity index (χ4n) is 2.89. The number of nitrogens with one attached hydrogen (secondary N) is 1. The lowest BCUT2D eigenvalue weighted by atomic mass is 10.1. The van der Waals surface area contributed by atoms with Gasteiger partial charge in [0.2, 0.25) is 0 Å². The Hall–Kier alpha value is -3.32. The van der Waals surface area contributed by atoms with Crippen LogP contribution in [0.5, 0.6) is 5.75 Å². The Labute approximate surface area is 179 Å². The Bertz CT molecular complexity index is 1000. The maximum Gasteiger partial charge on any atom is 0.340 e. The molecule has 1 aliphatic heterocycles. The Morgan fingerprint density at radius 3 is 2.40 bits per heavy atom. The van der Waals surface area contributed by atoms with Crippen molar-refractivity contribution in [3.63, 3.8) is 0 Å². The number of amides is 2. The highest BCUT2D eigenvalue weighted by Crippen LogP contribution is 2.32. The zero-order chi connectivity index (χ0) is 21.7. The number of halogens is 1. The van der Waals surface area contributed by atoms with Gasteiger partial charge < -0.3 is 14.8 Å². The first-order chi connectivity index (χ1) is 14.5. The zero-order valence-corrected chi connectivity index (χ0v) is 17.4. The maximum atomic E-state index is 13.0. The topological polar surface area (TPSA) is 84.9 Å². The quantitative estimate of drug-likeness (QED) is 0.503. The summed E-state index contributed by atoms with van der Waals surface area (Å²) in [5.74, 6) is -1.31. The van der Waals surface area contributed by atoms with Gasteiger partial charge in [0.05, 0.1) is 24.5 Å². The van der Waals surface area contributed by atoms with E-state index in [1.807, 2.05) is 13.8 Å². The lowest BCUT2D eigenvalue weighted by molar-refractivity contribution is -0.120. The third kappa shape index (κ3) is 4.31. The van der Waals surface area contributed by atoms with Crippen LogP contribution in [0.15, 0.2) is 59.3 Å². The zero-order valence-electron chi connectivity index (χ0n) is 16.6. The Balaban J connectivity index is 1.86. The molecule has 0 atom stereocenters. The number of rotatable bonds is 8. The number of imide groups is 1. The van der Waals surface area contributed by atoms with E-state index < -0.39 is 17.8 Å². The van der Waals surface area contributed by atoms with Crippen molar-refractivity contribution in [2.75, 3.05) is 23.4 Å². The molecule has 0 aromatic heterocycles. The third-order valence-corrected chi connectivity index (χ3v) is 4.61. The van der Waals surface area contributed by atoms with Crippen LogP contribution < -0.4 is 15.0 Å². The number of anilines is 2. The number of esters is 1. The van der Waals surface area contributed by atoms with E-state index in [4.69, 9.17) is 21.1 Å². The molecular weight excluding hydrogens is 408 g/mol. The summed E-state index contributed by atoms with van der Waals surface area (Å²) in [4.78, 5) is 39.0. The van der Waals surface area contributed by atoms with E-state index in [1.165, 1.54) is 12.1 Å². The van der Waals surface area contributed by atoms with Crippen molar-refractivity contribution in [3.05, 3.63) is 64.8 Å². The van der Waals surface area contributed by atoms with E-state index in [9.17, 15) is 14.4 Å². The molecule has 0 aliphatic carbocycles. The summed E-state index contributed by atoms with van der Waals surface area (Å²) in [6.07, 6.45) is 0.652. The molecule has 156 valence electrons. The van der Waals surface area contributed by atoms with E-state index >= 15 is 0 Å². The third-order valence-electron chi connectivity index (χ3n) is 4.26. The van der Waals surface area contributed by atoms with Crippen molar-refractivity contribution >= 4 is 40.8 Å². The summed E-state index contributed by atoms with van der Waals surface area (Å²) in [5.41, 5.74) is 0.725. The van der Waals surface area contributed by atoms with Gasteiger partial charge in [-0.1, -0.05) is 30.7 Å². The van der Waals surface area contributed by atoms with E-state index in [1.54, 1.807) is 36.4 Å². The van der Waals surface area contributed by atoms with Crippen LogP contribution in [0.25, 0.3) is 0 Å². The predicted octanol–water partition coefficient (Wildman–Crippen LogP) is 4.09. The van der Waals surface area contributed by atoms with E-state index in [-0.39, 0.29) is 28.6 Å². The van der Waals surface area contributed by atoms with Crippen LogP contribution in [-0.4, -0.2) is 31.0 Å². The van der Waals surface area contributed by atoms with Crippen molar-refractivity contribution in [1.29, 1.82) is 0 Å². The van der Waals surface area contributed by atoms with E-state index in [0.717, 1.165) is 4.90 Å². The Morgan fingerprint density at radius 1 is 1.03 bits per heavy atom. The normalized spacial score (nSPS) is 13.6. The lowest BCUT2D eigenvalue weighted by Gasteiger charge is -2.18. The summed E-state index contributed by atoms with van der Waals surface area (Å²) >= 11 is 6.18. The molecule has 1 aliphatic rings. The van der Waals surface area contributed by atoms with Crippen LogP contribution in [0.2, 0.25) is 0 Å². The fraction of sp³-hybridized carbons (Fsp3) is 0.227. The van der Waals surface area contributed by atoms with Crippen molar-refractivity contribution in [2.24, 2.45) is 0 Å². The first kappa shape index (κ1) is 21.4. The summed E-state index contributed by atoms with van der Waals surface area (Å²) in [5, 5.41) is 2.63. The lowest BCUT2D eigenvalue weighted by Crippen LogP contribution is -2.33. The minimum Gasteiger partial charge on any atom is -0.494 e. The van der Waals surface area contributed by atoms with Crippen molar-refractivity contribution in [2.45, 2.75) is 20.3 Å². The van der Waals surface area contributed by atoms with Crippen LogP contribution >= 0.6 is 11.6 Å². The van der Waals surface area contributed by atoms with E-state index in [0.29, 0.717) is 24.5 Å². The van der Waals surface area contributed by atoms with Crippen LogP contribution in [0, 0.1) is 0 Å². The molecule has 30 heavy (non-hydrogen) atoms. The van der Waals surface area contributed by atoms with Crippen LogP contribution in [0.1, 0.15) is 30.6 Å². The molecular formula is C22H21ClN2O5. The molecule has 3 rings (SSSR count). The predicted molar refractivity (Wildman–Crippen MR) is 114 cm³/mol. The second-order valence-electron chi connectivity index (χ2n) is 6.37. The van der Waals surface area contributed by atoms with Crippen LogP contribution in [0.3, 0.4) is 0 Å². The molecule has 2 aromatic rings. The van der Waals surface area contributed by atoms with Gasteiger partial charge in [0, 0.05) is 5.69 Å². The second-order valence-corrected chi connectivity index (χ2v) is 6.75. The summed E-state index contributed by atoms with van der Waals surface area (Å²) in [6, 6.07) is 13.1. The number of benzene rings is 2. The second kappa shape index (κ2) is 9.45. The maximum absolute atomic E-state index is 13.0. The van der Waals surface area contributed by atoms with Gasteiger partial charge in [0.25, 0.3) is 11.8 Å². The highest BCUT2D eigenvalue weighted by Gasteiger charge is 2.40. The molecule has 0 saturated heterocycles. The minimum absolute atomic E-state index is 0.0671. The molecule has 0 unspecified atom stereocenters. The van der Waals surface area contributed by atoms with Gasteiger partial charge in [-0.2, -0.15) is 0 Å². The molecule has 7 nitrogen and oxygen atoms in total. The number of para-hydroxylation sites is 1. The summed E-state index contributed by atoms with van der Waals surface area (Å²) in [6.45, 7) is 4.52. The Kier molecular flexibility index (Phi) is 6.74. The molecule has 0 radical (unpaired) electrons. The fourth-order valence-corrected chi connectivity index (χ4v) is 3.10. The monoisotopic (exact) mass is 428 g/mol. The molecule has 0 fully saturated rings.